The third kappa shape index (κ3) is 3.55. The minimum atomic E-state index is -3.73. The summed E-state index contributed by atoms with van der Waals surface area (Å²) in [7, 11) is -3.73. The van der Waals surface area contributed by atoms with Crippen LogP contribution in [0.3, 0.4) is 0 Å². The van der Waals surface area contributed by atoms with E-state index >= 15 is 0 Å². The highest BCUT2D eigenvalue weighted by atomic mass is 32.2. The summed E-state index contributed by atoms with van der Waals surface area (Å²) in [5.74, 6) is 0. The predicted molar refractivity (Wildman–Crippen MR) is 88.1 cm³/mol. The average Bonchev–Trinajstić information content (AvgIpc) is 2.69. The molecule has 7 heteroatoms. The highest BCUT2D eigenvalue weighted by Gasteiger charge is 2.14. The minimum absolute atomic E-state index is 0.0146. The monoisotopic (exact) mass is 325 g/mol. The van der Waals surface area contributed by atoms with Crippen LogP contribution >= 0.6 is 11.3 Å². The van der Waals surface area contributed by atoms with Crippen molar-refractivity contribution in [1.29, 1.82) is 0 Å². The van der Waals surface area contributed by atoms with Gasteiger partial charge in [0.1, 0.15) is 0 Å². The summed E-state index contributed by atoms with van der Waals surface area (Å²) >= 11 is 1.75. The van der Waals surface area contributed by atoms with E-state index in [1.54, 1.807) is 17.4 Å². The number of thiophene rings is 1. The van der Waals surface area contributed by atoms with Crippen molar-refractivity contribution in [1.82, 2.24) is 0 Å². The molecule has 0 aliphatic carbocycles. The van der Waals surface area contributed by atoms with Crippen LogP contribution in [0.15, 0.2) is 29.2 Å². The lowest BCUT2D eigenvalue weighted by Crippen LogP contribution is -2.13. The number of nitrogen functional groups attached to an aromatic ring is 1. The molecule has 5 nitrogen and oxygen atoms in total. The number of benzene rings is 1. The van der Waals surface area contributed by atoms with Crippen molar-refractivity contribution in [2.75, 3.05) is 11.1 Å². The van der Waals surface area contributed by atoms with Crippen molar-refractivity contribution < 1.29 is 8.42 Å². The van der Waals surface area contributed by atoms with E-state index in [0.29, 0.717) is 11.4 Å². The molecule has 1 atom stereocenters. The topological polar surface area (TPSA) is 98.2 Å². The van der Waals surface area contributed by atoms with E-state index < -0.39 is 10.0 Å². The molecule has 21 heavy (non-hydrogen) atoms. The summed E-state index contributed by atoms with van der Waals surface area (Å²) in [4.78, 5) is 2.53. The van der Waals surface area contributed by atoms with Gasteiger partial charge in [-0.05, 0) is 50.6 Å². The van der Waals surface area contributed by atoms with Gasteiger partial charge in [0.25, 0.3) is 0 Å². The Hall–Kier alpha value is -1.57. The van der Waals surface area contributed by atoms with Crippen molar-refractivity contribution in [2.45, 2.75) is 31.7 Å². The number of primary sulfonamides is 1. The van der Waals surface area contributed by atoms with Crippen LogP contribution in [0.2, 0.25) is 0 Å². The van der Waals surface area contributed by atoms with E-state index in [0.717, 1.165) is 0 Å². The fraction of sp³-hybridized carbons (Fsp3) is 0.286. The standard InChI is InChI=1S/C14H19N3O2S2/c1-8-6-12(10(3)20-8)9(2)17-14-5-4-11(7-13(14)15)21(16,18)19/h4-7,9,17H,15H2,1-3H3,(H2,16,18,19). The molecule has 0 saturated carbocycles. The molecule has 0 bridgehead atoms. The zero-order valence-electron chi connectivity index (χ0n) is 12.2. The van der Waals surface area contributed by atoms with Crippen LogP contribution in [0, 0.1) is 13.8 Å². The molecule has 2 rings (SSSR count). The number of hydrogen-bond acceptors (Lipinski definition) is 5. The van der Waals surface area contributed by atoms with Crippen molar-refractivity contribution in [3.05, 3.63) is 39.6 Å². The van der Waals surface area contributed by atoms with Gasteiger partial charge in [-0.3, -0.25) is 0 Å². The quantitative estimate of drug-likeness (QED) is 0.753. The smallest absolute Gasteiger partial charge is 0.238 e. The Kier molecular flexibility index (Phi) is 4.27. The van der Waals surface area contributed by atoms with Crippen LogP contribution in [0.4, 0.5) is 11.4 Å². The molecule has 5 N–H and O–H groups in total. The molecule has 1 aromatic heterocycles. The summed E-state index contributed by atoms with van der Waals surface area (Å²) < 4.78 is 22.6. The van der Waals surface area contributed by atoms with Crippen molar-refractivity contribution in [2.24, 2.45) is 5.14 Å². The Bertz CT molecular complexity index is 767. The zero-order chi connectivity index (χ0) is 15.8. The van der Waals surface area contributed by atoms with Crippen LogP contribution < -0.4 is 16.2 Å². The molecule has 2 aromatic rings. The van der Waals surface area contributed by atoms with Gasteiger partial charge in [-0.15, -0.1) is 11.3 Å². The van der Waals surface area contributed by atoms with E-state index in [4.69, 9.17) is 10.9 Å². The van der Waals surface area contributed by atoms with E-state index in [1.807, 2.05) is 6.92 Å². The third-order valence-electron chi connectivity index (χ3n) is 3.27. The second-order valence-electron chi connectivity index (χ2n) is 5.03. The molecule has 1 unspecified atom stereocenters. The molecule has 1 heterocycles. The average molecular weight is 325 g/mol. The molecule has 114 valence electrons. The zero-order valence-corrected chi connectivity index (χ0v) is 13.8. The Morgan fingerprint density at radius 1 is 1.24 bits per heavy atom. The summed E-state index contributed by atoms with van der Waals surface area (Å²) in [6.07, 6.45) is 0. The maximum absolute atomic E-state index is 11.3. The second-order valence-corrected chi connectivity index (χ2v) is 8.05. The molecule has 0 aliphatic heterocycles. The molecule has 0 spiro atoms. The first kappa shape index (κ1) is 15.8. The van der Waals surface area contributed by atoms with Crippen LogP contribution in [0.25, 0.3) is 0 Å². The highest BCUT2D eigenvalue weighted by molar-refractivity contribution is 7.89. The van der Waals surface area contributed by atoms with Crippen LogP contribution in [-0.2, 0) is 10.0 Å². The first-order valence-electron chi connectivity index (χ1n) is 6.44. The number of sulfonamides is 1. The second kappa shape index (κ2) is 5.67. The number of nitrogens with one attached hydrogen (secondary N) is 1. The lowest BCUT2D eigenvalue weighted by Gasteiger charge is -2.17. The van der Waals surface area contributed by atoms with Gasteiger partial charge < -0.3 is 11.1 Å². The van der Waals surface area contributed by atoms with E-state index in [-0.39, 0.29) is 10.9 Å². The van der Waals surface area contributed by atoms with E-state index in [2.05, 4.69) is 25.2 Å². The largest absolute Gasteiger partial charge is 0.397 e. The lowest BCUT2D eigenvalue weighted by atomic mass is 10.1. The van der Waals surface area contributed by atoms with Gasteiger partial charge in [0, 0.05) is 15.8 Å². The van der Waals surface area contributed by atoms with Crippen molar-refractivity contribution in [3.8, 4) is 0 Å². The van der Waals surface area contributed by atoms with E-state index in [1.165, 1.54) is 27.5 Å². The number of aryl methyl sites for hydroxylation is 2. The molecule has 0 aliphatic rings. The van der Waals surface area contributed by atoms with Gasteiger partial charge in [-0.2, -0.15) is 0 Å². The summed E-state index contributed by atoms with van der Waals surface area (Å²) in [6, 6.07) is 6.69. The van der Waals surface area contributed by atoms with Gasteiger partial charge in [-0.1, -0.05) is 0 Å². The number of nitrogens with two attached hydrogens (primary N) is 2. The molecule has 0 radical (unpaired) electrons. The highest BCUT2D eigenvalue weighted by Crippen LogP contribution is 2.31. The van der Waals surface area contributed by atoms with Crippen LogP contribution in [0.5, 0.6) is 0 Å². The lowest BCUT2D eigenvalue weighted by molar-refractivity contribution is 0.598. The van der Waals surface area contributed by atoms with Gasteiger partial charge in [0.05, 0.1) is 16.3 Å². The Morgan fingerprint density at radius 3 is 2.38 bits per heavy atom. The van der Waals surface area contributed by atoms with Gasteiger partial charge in [0.2, 0.25) is 10.0 Å². The molecular weight excluding hydrogens is 306 g/mol. The van der Waals surface area contributed by atoms with Crippen LogP contribution in [-0.4, -0.2) is 8.42 Å². The van der Waals surface area contributed by atoms with Crippen molar-refractivity contribution >= 4 is 32.7 Å². The molecule has 1 aromatic carbocycles. The number of rotatable bonds is 4. The van der Waals surface area contributed by atoms with Gasteiger partial charge >= 0.3 is 0 Å². The summed E-state index contributed by atoms with van der Waals surface area (Å²) in [6.45, 7) is 6.20. The van der Waals surface area contributed by atoms with Gasteiger partial charge in [-0.25, -0.2) is 13.6 Å². The fourth-order valence-electron chi connectivity index (χ4n) is 2.24. The Morgan fingerprint density at radius 2 is 1.90 bits per heavy atom. The normalized spacial score (nSPS) is 13.1. The van der Waals surface area contributed by atoms with E-state index in [9.17, 15) is 8.42 Å². The fourth-order valence-corrected chi connectivity index (χ4v) is 3.81. The number of anilines is 2. The van der Waals surface area contributed by atoms with Crippen molar-refractivity contribution in [3.63, 3.8) is 0 Å². The third-order valence-corrected chi connectivity index (χ3v) is 5.16. The summed E-state index contributed by atoms with van der Waals surface area (Å²) in [5.41, 5.74) is 8.17. The molecular formula is C14H19N3O2S2. The molecule has 0 fully saturated rings. The first-order chi connectivity index (χ1) is 9.68. The minimum Gasteiger partial charge on any atom is -0.397 e. The summed E-state index contributed by atoms with van der Waals surface area (Å²) in [5, 5.41) is 8.39. The first-order valence-corrected chi connectivity index (χ1v) is 8.80. The molecule has 0 amide bonds. The maximum atomic E-state index is 11.3. The van der Waals surface area contributed by atoms with Crippen LogP contribution in [0.1, 0.15) is 28.3 Å². The Balaban J connectivity index is 2.26. The molecule has 0 saturated heterocycles. The number of hydrogen-bond donors (Lipinski definition) is 3. The Labute approximate surface area is 129 Å². The SMILES string of the molecule is Cc1cc(C(C)Nc2ccc(S(N)(=O)=O)cc2N)c(C)s1. The predicted octanol–water partition coefficient (Wildman–Crippen LogP) is 2.77. The maximum Gasteiger partial charge on any atom is 0.238 e. The van der Waals surface area contributed by atoms with Gasteiger partial charge in [0.15, 0.2) is 0 Å².